The van der Waals surface area contributed by atoms with Gasteiger partial charge in [-0.2, -0.15) is 0 Å². The molecule has 2 atom stereocenters. The van der Waals surface area contributed by atoms with Crippen molar-refractivity contribution in [3.05, 3.63) is 52.0 Å². The minimum atomic E-state index is -1.76. The Morgan fingerprint density at radius 2 is 1.71 bits per heavy atom. The third kappa shape index (κ3) is 2.49. The van der Waals surface area contributed by atoms with Crippen LogP contribution in [0.25, 0.3) is 5.57 Å². The smallest absolute Gasteiger partial charge is 0.180 e. The molecular weight excluding hydrogens is 302 g/mol. The highest BCUT2D eigenvalue weighted by atomic mass is 35.5. The van der Waals surface area contributed by atoms with Gasteiger partial charge in [0.2, 0.25) is 0 Å². The molecule has 0 spiro atoms. The van der Waals surface area contributed by atoms with Gasteiger partial charge in [0, 0.05) is 15.6 Å². The molecule has 5 heteroatoms. The first kappa shape index (κ1) is 13.3. The average Bonchev–Trinajstić information content (AvgIpc) is 2.27. The lowest BCUT2D eigenvalue weighted by Crippen LogP contribution is -2.33. The fourth-order valence-corrected chi connectivity index (χ4v) is 2.93. The minimum Gasteiger partial charge on any atom is -0.370 e. The van der Waals surface area contributed by atoms with Crippen LogP contribution in [0, 0.1) is 0 Å². The second-order valence-electron chi connectivity index (χ2n) is 3.67. The number of aliphatic hydroxyl groups is 1. The molecule has 17 heavy (non-hydrogen) atoms. The average molecular weight is 310 g/mol. The second kappa shape index (κ2) is 4.83. The predicted octanol–water partition coefficient (Wildman–Crippen LogP) is 4.31. The molecule has 1 aromatic carbocycles. The van der Waals surface area contributed by atoms with Gasteiger partial charge in [-0.05, 0) is 11.6 Å². The Morgan fingerprint density at radius 3 is 2.29 bits per heavy atom. The van der Waals surface area contributed by atoms with E-state index in [4.69, 9.17) is 46.4 Å². The highest BCUT2D eigenvalue weighted by molar-refractivity contribution is 6.48. The SMILES string of the molecule is OC1(Cl)C=C(Cl)C(c2ccccc2)=C(Cl)C1Cl. The van der Waals surface area contributed by atoms with E-state index in [9.17, 15) is 5.11 Å². The lowest BCUT2D eigenvalue weighted by atomic mass is 9.97. The monoisotopic (exact) mass is 308 g/mol. The molecule has 0 saturated heterocycles. The predicted molar refractivity (Wildman–Crippen MR) is 73.6 cm³/mol. The third-order valence-electron chi connectivity index (χ3n) is 2.45. The minimum absolute atomic E-state index is 0.239. The molecule has 0 heterocycles. The number of allylic oxidation sites excluding steroid dienone is 2. The number of rotatable bonds is 1. The van der Waals surface area contributed by atoms with E-state index >= 15 is 0 Å². The van der Waals surface area contributed by atoms with Crippen LogP contribution in [0.5, 0.6) is 0 Å². The van der Waals surface area contributed by atoms with E-state index in [1.807, 2.05) is 30.3 Å². The first-order valence-electron chi connectivity index (χ1n) is 4.82. The second-order valence-corrected chi connectivity index (χ2v) is 5.53. The van der Waals surface area contributed by atoms with Gasteiger partial charge in [-0.1, -0.05) is 65.1 Å². The van der Waals surface area contributed by atoms with Gasteiger partial charge in [-0.3, -0.25) is 0 Å². The van der Waals surface area contributed by atoms with Crippen LogP contribution in [-0.2, 0) is 0 Å². The number of hydrogen-bond donors (Lipinski definition) is 1. The molecule has 1 nitrogen and oxygen atoms in total. The Hall–Kier alpha value is -0.180. The molecule has 0 fully saturated rings. The highest BCUT2D eigenvalue weighted by Crippen LogP contribution is 2.44. The van der Waals surface area contributed by atoms with Gasteiger partial charge in [-0.15, -0.1) is 11.6 Å². The standard InChI is InChI=1S/C12H8Cl4O/c13-8-6-12(16,17)11(15)10(14)9(8)7-4-2-1-3-5-7/h1-6,11,17H. The number of hydrogen-bond acceptors (Lipinski definition) is 1. The first-order chi connectivity index (χ1) is 7.93. The van der Waals surface area contributed by atoms with E-state index in [1.165, 1.54) is 6.08 Å². The summed E-state index contributed by atoms with van der Waals surface area (Å²) in [5.74, 6) is 0. The third-order valence-corrected chi connectivity index (χ3v) is 4.25. The fourth-order valence-electron chi connectivity index (χ4n) is 1.62. The van der Waals surface area contributed by atoms with Gasteiger partial charge in [-0.25, -0.2) is 0 Å². The number of benzene rings is 1. The fraction of sp³-hybridized carbons (Fsp3) is 0.167. The Balaban J connectivity index is 2.55. The quantitative estimate of drug-likeness (QED) is 0.767. The van der Waals surface area contributed by atoms with E-state index in [2.05, 4.69) is 0 Å². The van der Waals surface area contributed by atoms with Gasteiger partial charge >= 0.3 is 0 Å². The Morgan fingerprint density at radius 1 is 1.12 bits per heavy atom. The van der Waals surface area contributed by atoms with E-state index < -0.39 is 10.4 Å². The molecule has 2 rings (SSSR count). The van der Waals surface area contributed by atoms with Crippen LogP contribution in [-0.4, -0.2) is 15.5 Å². The summed E-state index contributed by atoms with van der Waals surface area (Å²) in [7, 11) is 0. The van der Waals surface area contributed by atoms with Crippen molar-refractivity contribution in [2.45, 2.75) is 10.4 Å². The molecule has 90 valence electrons. The van der Waals surface area contributed by atoms with E-state index in [1.54, 1.807) is 0 Å². The summed E-state index contributed by atoms with van der Waals surface area (Å²) in [4.78, 5) is 0. The summed E-state index contributed by atoms with van der Waals surface area (Å²) in [5.41, 5.74) is 1.43. The maximum Gasteiger partial charge on any atom is 0.180 e. The number of alkyl halides is 2. The zero-order valence-corrected chi connectivity index (χ0v) is 11.5. The van der Waals surface area contributed by atoms with Crippen molar-refractivity contribution >= 4 is 52.0 Å². The molecule has 0 saturated carbocycles. The molecule has 0 radical (unpaired) electrons. The molecule has 2 unspecified atom stereocenters. The topological polar surface area (TPSA) is 20.2 Å². The van der Waals surface area contributed by atoms with Gasteiger partial charge in [0.05, 0.1) is 0 Å². The lowest BCUT2D eigenvalue weighted by molar-refractivity contribution is 0.184. The van der Waals surface area contributed by atoms with Gasteiger partial charge in [0.25, 0.3) is 0 Å². The molecule has 1 aliphatic rings. The first-order valence-corrected chi connectivity index (χ1v) is 6.39. The van der Waals surface area contributed by atoms with Crippen molar-refractivity contribution in [2.24, 2.45) is 0 Å². The Bertz CT molecular complexity index is 490. The van der Waals surface area contributed by atoms with Crippen LogP contribution in [0.15, 0.2) is 46.5 Å². The molecule has 0 aliphatic heterocycles. The van der Waals surface area contributed by atoms with Crippen molar-refractivity contribution < 1.29 is 5.11 Å². The Labute approximate surface area is 119 Å². The van der Waals surface area contributed by atoms with E-state index in [-0.39, 0.29) is 10.1 Å². The molecule has 1 aliphatic carbocycles. The van der Waals surface area contributed by atoms with Crippen molar-refractivity contribution in [2.75, 3.05) is 0 Å². The summed E-state index contributed by atoms with van der Waals surface area (Å²) in [6.07, 6.45) is 1.29. The van der Waals surface area contributed by atoms with Crippen LogP contribution in [0.2, 0.25) is 0 Å². The van der Waals surface area contributed by atoms with Crippen LogP contribution in [0.4, 0.5) is 0 Å². The van der Waals surface area contributed by atoms with Gasteiger partial charge in [0.1, 0.15) is 5.38 Å². The normalized spacial score (nSPS) is 29.2. The van der Waals surface area contributed by atoms with E-state index in [0.717, 1.165) is 5.56 Å². The van der Waals surface area contributed by atoms with Crippen LogP contribution in [0.3, 0.4) is 0 Å². The van der Waals surface area contributed by atoms with Gasteiger partial charge in [0.15, 0.2) is 5.06 Å². The maximum absolute atomic E-state index is 9.80. The van der Waals surface area contributed by atoms with Crippen molar-refractivity contribution in [3.8, 4) is 0 Å². The molecule has 0 aromatic heterocycles. The van der Waals surface area contributed by atoms with Crippen molar-refractivity contribution in [1.82, 2.24) is 0 Å². The maximum atomic E-state index is 9.80. The molecule has 0 bridgehead atoms. The molecule has 0 amide bonds. The lowest BCUT2D eigenvalue weighted by Gasteiger charge is -2.29. The van der Waals surface area contributed by atoms with Crippen molar-refractivity contribution in [1.29, 1.82) is 0 Å². The van der Waals surface area contributed by atoms with Crippen LogP contribution in [0.1, 0.15) is 5.56 Å². The van der Waals surface area contributed by atoms with Crippen molar-refractivity contribution in [3.63, 3.8) is 0 Å². The zero-order chi connectivity index (χ0) is 12.6. The summed E-state index contributed by atoms with van der Waals surface area (Å²) in [6.45, 7) is 0. The number of halogens is 4. The summed E-state index contributed by atoms with van der Waals surface area (Å²) in [6, 6.07) is 9.32. The summed E-state index contributed by atoms with van der Waals surface area (Å²) in [5, 5.41) is 7.65. The largest absolute Gasteiger partial charge is 0.370 e. The van der Waals surface area contributed by atoms with Crippen LogP contribution < -0.4 is 0 Å². The highest BCUT2D eigenvalue weighted by Gasteiger charge is 2.39. The zero-order valence-electron chi connectivity index (χ0n) is 8.50. The van der Waals surface area contributed by atoms with E-state index in [0.29, 0.717) is 5.57 Å². The summed E-state index contributed by atoms with van der Waals surface area (Å²) >= 11 is 24.0. The molecule has 1 N–H and O–H groups in total. The summed E-state index contributed by atoms with van der Waals surface area (Å²) < 4.78 is 0. The van der Waals surface area contributed by atoms with Crippen LogP contribution >= 0.6 is 46.4 Å². The van der Waals surface area contributed by atoms with Gasteiger partial charge < -0.3 is 5.11 Å². The molecular formula is C12H8Cl4O. The Kier molecular flexibility index (Phi) is 3.77. The molecule has 1 aromatic rings.